The van der Waals surface area contributed by atoms with E-state index in [4.69, 9.17) is 11.5 Å². The van der Waals surface area contributed by atoms with Gasteiger partial charge < -0.3 is 16.6 Å². The fourth-order valence-electron chi connectivity index (χ4n) is 5.22. The topological polar surface area (TPSA) is 148 Å². The molecule has 1 aliphatic rings. The van der Waals surface area contributed by atoms with Crippen molar-refractivity contribution in [1.82, 2.24) is 5.32 Å². The van der Waals surface area contributed by atoms with Crippen LogP contribution in [0.15, 0.2) is 36.4 Å². The first-order chi connectivity index (χ1) is 17.0. The van der Waals surface area contributed by atoms with E-state index in [1.807, 2.05) is 57.2 Å². The molecule has 0 saturated heterocycles. The van der Waals surface area contributed by atoms with Crippen LogP contribution in [-0.2, 0) is 4.79 Å². The Bertz CT molecular complexity index is 1130. The first kappa shape index (κ1) is 27.4. The van der Waals surface area contributed by atoms with E-state index in [9.17, 15) is 19.5 Å². The van der Waals surface area contributed by atoms with Gasteiger partial charge in [-0.3, -0.25) is 20.2 Å². The largest absolute Gasteiger partial charge is 0.480 e. The molecule has 0 bridgehead atoms. The van der Waals surface area contributed by atoms with Crippen molar-refractivity contribution in [1.29, 1.82) is 0 Å². The molecule has 2 aromatic rings. The Hall–Kier alpha value is -3.17. The molecule has 9 heteroatoms. The van der Waals surface area contributed by atoms with E-state index in [1.165, 1.54) is 17.8 Å². The third-order valence-electron chi connectivity index (χ3n) is 6.98. The molecule has 0 unspecified atom stereocenters. The van der Waals surface area contributed by atoms with Gasteiger partial charge in [-0.15, -0.1) is 11.3 Å². The van der Waals surface area contributed by atoms with Crippen molar-refractivity contribution in [3.8, 4) is 10.4 Å². The second-order valence-corrected chi connectivity index (χ2v) is 11.4. The van der Waals surface area contributed by atoms with Crippen molar-refractivity contribution in [3.63, 3.8) is 0 Å². The van der Waals surface area contributed by atoms with Gasteiger partial charge in [-0.05, 0) is 41.4 Å². The van der Waals surface area contributed by atoms with Gasteiger partial charge in [0, 0.05) is 11.4 Å². The number of carboxylic acid groups (broad SMARTS) is 1. The summed E-state index contributed by atoms with van der Waals surface area (Å²) in [5.74, 6) is -1.33. The van der Waals surface area contributed by atoms with E-state index in [0.717, 1.165) is 41.7 Å². The molecule has 3 rings (SSSR count). The molecule has 1 aromatic heterocycles. The van der Waals surface area contributed by atoms with Gasteiger partial charge in [0.25, 0.3) is 5.91 Å². The molecule has 3 amide bonds. The fourth-order valence-corrected chi connectivity index (χ4v) is 6.29. The second-order valence-electron chi connectivity index (χ2n) is 10.3. The monoisotopic (exact) mass is 512 g/mol. The van der Waals surface area contributed by atoms with E-state index in [1.54, 1.807) is 6.07 Å². The minimum Gasteiger partial charge on any atom is -0.480 e. The van der Waals surface area contributed by atoms with Gasteiger partial charge in [0.15, 0.2) is 0 Å². The standard InChI is InChI=1S/C27H36N4O4S/c1-26(2,3)27(24(33)34,19-9-5-4-6-10-19)30-15-7-8-17-11-13-18(14-12-17)21-16-20(22(28)32)23(36-21)31-25(29)35/h7-8,11-14,16,19,30H,4-6,9-10,15H2,1-3H3,(H2,28,32)(H,33,34)(H3,29,31,35)/b8-7+/t27-/m1/s1. The van der Waals surface area contributed by atoms with Crippen LogP contribution in [0.1, 0.15) is 68.8 Å². The highest BCUT2D eigenvalue weighted by Gasteiger charge is 2.53. The molecule has 0 radical (unpaired) electrons. The Morgan fingerprint density at radius 2 is 1.72 bits per heavy atom. The lowest BCUT2D eigenvalue weighted by atomic mass is 9.62. The summed E-state index contributed by atoms with van der Waals surface area (Å²) in [6.45, 7) is 6.45. The normalized spacial score (nSPS) is 16.5. The molecule has 0 spiro atoms. The predicted octanol–water partition coefficient (Wildman–Crippen LogP) is 5.06. The zero-order chi connectivity index (χ0) is 26.5. The number of primary amides is 2. The smallest absolute Gasteiger partial charge is 0.324 e. The number of aliphatic carboxylic acids is 1. The maximum absolute atomic E-state index is 12.6. The van der Waals surface area contributed by atoms with Gasteiger partial charge in [0.1, 0.15) is 10.5 Å². The van der Waals surface area contributed by atoms with Gasteiger partial charge in [-0.25, -0.2) is 4.79 Å². The lowest BCUT2D eigenvalue weighted by Crippen LogP contribution is -2.65. The van der Waals surface area contributed by atoms with Crippen LogP contribution in [0.5, 0.6) is 0 Å². The maximum atomic E-state index is 12.6. The Morgan fingerprint density at radius 1 is 1.08 bits per heavy atom. The number of carbonyl (C=O) groups excluding carboxylic acids is 2. The van der Waals surface area contributed by atoms with Crippen LogP contribution in [0.25, 0.3) is 16.5 Å². The zero-order valence-electron chi connectivity index (χ0n) is 21.1. The molecule has 1 aliphatic carbocycles. The zero-order valence-corrected chi connectivity index (χ0v) is 21.9. The van der Waals surface area contributed by atoms with Crippen molar-refractivity contribution >= 4 is 40.3 Å². The number of carboxylic acids is 1. The second kappa shape index (κ2) is 11.3. The number of amides is 3. The molecule has 194 valence electrons. The third kappa shape index (κ3) is 5.96. The average Bonchev–Trinajstić information content (AvgIpc) is 3.22. The Kier molecular flexibility index (Phi) is 8.58. The molecular weight excluding hydrogens is 476 g/mol. The number of hydrogen-bond donors (Lipinski definition) is 5. The van der Waals surface area contributed by atoms with Crippen LogP contribution in [0.4, 0.5) is 9.80 Å². The summed E-state index contributed by atoms with van der Waals surface area (Å²) < 4.78 is 0. The molecule has 1 atom stereocenters. The molecule has 8 nitrogen and oxygen atoms in total. The highest BCUT2D eigenvalue weighted by molar-refractivity contribution is 7.20. The van der Waals surface area contributed by atoms with Gasteiger partial charge in [-0.2, -0.15) is 0 Å². The summed E-state index contributed by atoms with van der Waals surface area (Å²) in [7, 11) is 0. The number of anilines is 1. The Morgan fingerprint density at radius 3 is 2.25 bits per heavy atom. The van der Waals surface area contributed by atoms with Gasteiger partial charge in [-0.1, -0.05) is 76.5 Å². The number of hydrogen-bond acceptors (Lipinski definition) is 5. The van der Waals surface area contributed by atoms with Crippen molar-refractivity contribution in [2.24, 2.45) is 22.8 Å². The summed E-state index contributed by atoms with van der Waals surface area (Å²) in [4.78, 5) is 36.3. The fraction of sp³-hybridized carbons (Fsp3) is 0.444. The Balaban J connectivity index is 1.73. The summed E-state index contributed by atoms with van der Waals surface area (Å²) >= 11 is 1.22. The number of nitrogens with one attached hydrogen (secondary N) is 2. The molecule has 1 heterocycles. The summed E-state index contributed by atoms with van der Waals surface area (Å²) in [5.41, 5.74) is 11.2. The van der Waals surface area contributed by atoms with Crippen LogP contribution >= 0.6 is 11.3 Å². The number of nitrogens with two attached hydrogens (primary N) is 2. The van der Waals surface area contributed by atoms with Gasteiger partial charge in [0.2, 0.25) is 0 Å². The molecule has 36 heavy (non-hydrogen) atoms. The lowest BCUT2D eigenvalue weighted by Gasteiger charge is -2.48. The molecule has 1 fully saturated rings. The van der Waals surface area contributed by atoms with Crippen molar-refractivity contribution in [3.05, 3.63) is 47.5 Å². The van der Waals surface area contributed by atoms with Crippen molar-refractivity contribution in [2.75, 3.05) is 11.9 Å². The van der Waals surface area contributed by atoms with Crippen molar-refractivity contribution < 1.29 is 19.5 Å². The molecule has 7 N–H and O–H groups in total. The van der Waals surface area contributed by atoms with Gasteiger partial charge in [0.05, 0.1) is 5.56 Å². The average molecular weight is 513 g/mol. The van der Waals surface area contributed by atoms with E-state index >= 15 is 0 Å². The van der Waals surface area contributed by atoms with E-state index in [-0.39, 0.29) is 11.5 Å². The summed E-state index contributed by atoms with van der Waals surface area (Å²) in [5, 5.41) is 16.5. The summed E-state index contributed by atoms with van der Waals surface area (Å²) in [6, 6.07) is 8.57. The Labute approximate surface area is 216 Å². The van der Waals surface area contributed by atoms with E-state index in [0.29, 0.717) is 11.5 Å². The number of thiophene rings is 1. The minimum atomic E-state index is -0.990. The quantitative estimate of drug-likeness (QED) is 0.319. The lowest BCUT2D eigenvalue weighted by molar-refractivity contribution is -0.155. The van der Waals surface area contributed by atoms with Crippen LogP contribution in [0.2, 0.25) is 0 Å². The number of urea groups is 1. The minimum absolute atomic E-state index is 0.0986. The number of benzene rings is 1. The molecular formula is C27H36N4O4S. The van der Waals surface area contributed by atoms with Crippen LogP contribution in [0.3, 0.4) is 0 Å². The van der Waals surface area contributed by atoms with Crippen LogP contribution < -0.4 is 22.1 Å². The number of carbonyl (C=O) groups is 3. The molecule has 1 saturated carbocycles. The third-order valence-corrected chi connectivity index (χ3v) is 8.08. The number of rotatable bonds is 9. The van der Waals surface area contributed by atoms with Gasteiger partial charge >= 0.3 is 12.0 Å². The van der Waals surface area contributed by atoms with Crippen molar-refractivity contribution in [2.45, 2.75) is 58.4 Å². The first-order valence-electron chi connectivity index (χ1n) is 12.2. The highest BCUT2D eigenvalue weighted by Crippen LogP contribution is 2.43. The van der Waals surface area contributed by atoms with E-state index < -0.39 is 28.9 Å². The van der Waals surface area contributed by atoms with Crippen LogP contribution in [0, 0.1) is 11.3 Å². The van der Waals surface area contributed by atoms with Crippen LogP contribution in [-0.4, -0.2) is 35.1 Å². The maximum Gasteiger partial charge on any atom is 0.324 e. The first-order valence-corrected chi connectivity index (χ1v) is 13.0. The SMILES string of the molecule is CC(C)(C)[C@](NC/C=C/c1ccc(-c2cc(C(N)=O)c(NC(N)=O)s2)cc1)(C(=O)O)C1CCCCC1. The molecule has 0 aliphatic heterocycles. The highest BCUT2D eigenvalue weighted by atomic mass is 32.1. The predicted molar refractivity (Wildman–Crippen MR) is 145 cm³/mol. The molecule has 1 aromatic carbocycles. The summed E-state index contributed by atoms with van der Waals surface area (Å²) in [6.07, 6.45) is 9.08. The van der Waals surface area contributed by atoms with E-state index in [2.05, 4.69) is 10.6 Å².